The molecule has 0 amide bonds. The lowest BCUT2D eigenvalue weighted by molar-refractivity contribution is 0.0696. The number of carboxylic acid groups (broad SMARTS) is 1. The number of phenolic OH excluding ortho intramolecular Hbond substituents is 3. The summed E-state index contributed by atoms with van der Waals surface area (Å²) in [7, 11) is 0. The average molecular weight is 364 g/mol. The Labute approximate surface area is 154 Å². The van der Waals surface area contributed by atoms with Crippen molar-refractivity contribution in [1.29, 1.82) is 0 Å². The molecule has 27 heavy (non-hydrogen) atoms. The number of phenols is 3. The number of ketones is 1. The molecule has 0 aliphatic carbocycles. The van der Waals surface area contributed by atoms with Crippen molar-refractivity contribution in [3.63, 3.8) is 0 Å². The molecule has 0 aliphatic heterocycles. The largest absolute Gasteiger partial charge is 0.508 e. The number of carboxylic acids is 1. The van der Waals surface area contributed by atoms with E-state index in [9.17, 15) is 24.9 Å². The van der Waals surface area contributed by atoms with E-state index in [0.717, 1.165) is 12.1 Å². The maximum absolute atomic E-state index is 12.6. The van der Waals surface area contributed by atoms with E-state index in [1.54, 1.807) is 30.3 Å². The summed E-state index contributed by atoms with van der Waals surface area (Å²) in [5, 5.41) is 38.5. The van der Waals surface area contributed by atoms with Crippen LogP contribution in [0.2, 0.25) is 0 Å². The Morgan fingerprint density at radius 2 is 1.41 bits per heavy atom. The van der Waals surface area contributed by atoms with Crippen molar-refractivity contribution in [2.75, 3.05) is 0 Å². The standard InChI is InChI=1S/C21H16O6/c22-16-10-18(24)20(19(25)11-16)14-5-2-4-13(9-14)17(23)8-12-3-1-6-15(7-12)21(26)27/h1-7,9-11,22,24-25H,8H2,(H,26,27). The van der Waals surface area contributed by atoms with Crippen molar-refractivity contribution in [1.82, 2.24) is 0 Å². The van der Waals surface area contributed by atoms with Gasteiger partial charge in [0.05, 0.1) is 11.1 Å². The molecule has 6 nitrogen and oxygen atoms in total. The zero-order chi connectivity index (χ0) is 19.6. The van der Waals surface area contributed by atoms with Gasteiger partial charge in [-0.1, -0.05) is 30.3 Å². The Morgan fingerprint density at radius 1 is 0.778 bits per heavy atom. The van der Waals surface area contributed by atoms with Gasteiger partial charge in [0.1, 0.15) is 17.2 Å². The molecule has 0 spiro atoms. The second kappa shape index (κ2) is 7.21. The first-order valence-electron chi connectivity index (χ1n) is 8.06. The summed E-state index contributed by atoms with van der Waals surface area (Å²) in [6.45, 7) is 0. The van der Waals surface area contributed by atoms with E-state index in [0.29, 0.717) is 16.7 Å². The number of Topliss-reactive ketones (excluding diaryl/α,β-unsaturated/α-hetero) is 1. The first-order chi connectivity index (χ1) is 12.8. The second-order valence-electron chi connectivity index (χ2n) is 6.05. The summed E-state index contributed by atoms with van der Waals surface area (Å²) in [4.78, 5) is 23.6. The summed E-state index contributed by atoms with van der Waals surface area (Å²) in [6.07, 6.45) is 0.0120. The van der Waals surface area contributed by atoms with E-state index >= 15 is 0 Å². The fourth-order valence-electron chi connectivity index (χ4n) is 2.84. The highest BCUT2D eigenvalue weighted by atomic mass is 16.4. The lowest BCUT2D eigenvalue weighted by atomic mass is 9.96. The molecule has 3 aromatic rings. The molecular weight excluding hydrogens is 348 g/mol. The third-order valence-corrected chi connectivity index (χ3v) is 4.09. The van der Waals surface area contributed by atoms with Gasteiger partial charge in [-0.2, -0.15) is 0 Å². The average Bonchev–Trinajstić information content (AvgIpc) is 2.61. The van der Waals surface area contributed by atoms with Gasteiger partial charge in [0.25, 0.3) is 0 Å². The summed E-state index contributed by atoms with van der Waals surface area (Å²) in [5.74, 6) is -2.21. The van der Waals surface area contributed by atoms with E-state index in [1.165, 1.54) is 18.2 Å². The van der Waals surface area contributed by atoms with Crippen LogP contribution in [0, 0.1) is 0 Å². The minimum atomic E-state index is -1.07. The highest BCUT2D eigenvalue weighted by Gasteiger charge is 2.15. The zero-order valence-electron chi connectivity index (χ0n) is 14.1. The monoisotopic (exact) mass is 364 g/mol. The third-order valence-electron chi connectivity index (χ3n) is 4.09. The van der Waals surface area contributed by atoms with Gasteiger partial charge in [0.2, 0.25) is 0 Å². The van der Waals surface area contributed by atoms with Crippen LogP contribution in [0.5, 0.6) is 17.2 Å². The molecule has 6 heteroatoms. The maximum atomic E-state index is 12.6. The predicted octanol–water partition coefficient (Wildman–Crippen LogP) is 3.59. The molecule has 0 saturated carbocycles. The second-order valence-corrected chi connectivity index (χ2v) is 6.05. The molecule has 0 unspecified atom stereocenters. The van der Waals surface area contributed by atoms with E-state index in [2.05, 4.69) is 0 Å². The van der Waals surface area contributed by atoms with Gasteiger partial charge in [-0.25, -0.2) is 4.79 Å². The Balaban J connectivity index is 1.91. The first-order valence-corrected chi connectivity index (χ1v) is 8.06. The highest BCUT2D eigenvalue weighted by Crippen LogP contribution is 2.40. The molecule has 4 N–H and O–H groups in total. The van der Waals surface area contributed by atoms with Crippen LogP contribution >= 0.6 is 0 Å². The quantitative estimate of drug-likeness (QED) is 0.514. The maximum Gasteiger partial charge on any atom is 0.335 e. The van der Waals surface area contributed by atoms with Crippen molar-refractivity contribution in [3.05, 3.63) is 77.4 Å². The van der Waals surface area contributed by atoms with Crippen LogP contribution in [0.4, 0.5) is 0 Å². The van der Waals surface area contributed by atoms with E-state index in [1.807, 2.05) is 0 Å². The topological polar surface area (TPSA) is 115 Å². The Hall–Kier alpha value is -3.80. The third kappa shape index (κ3) is 3.90. The lowest BCUT2D eigenvalue weighted by Crippen LogP contribution is -2.05. The number of rotatable bonds is 5. The zero-order valence-corrected chi connectivity index (χ0v) is 14.1. The highest BCUT2D eigenvalue weighted by molar-refractivity contribution is 5.99. The minimum absolute atomic E-state index is 0.0120. The van der Waals surface area contributed by atoms with Crippen LogP contribution in [-0.4, -0.2) is 32.2 Å². The van der Waals surface area contributed by atoms with E-state index < -0.39 is 5.97 Å². The molecule has 0 bridgehead atoms. The molecule has 0 atom stereocenters. The first kappa shape index (κ1) is 18.0. The molecule has 0 saturated heterocycles. The number of aromatic hydroxyl groups is 3. The minimum Gasteiger partial charge on any atom is -0.508 e. The summed E-state index contributed by atoms with van der Waals surface area (Å²) in [6, 6.07) is 14.7. The molecular formula is C21H16O6. The summed E-state index contributed by atoms with van der Waals surface area (Å²) >= 11 is 0. The number of aromatic carboxylic acids is 1. The van der Waals surface area contributed by atoms with Gasteiger partial charge >= 0.3 is 5.97 Å². The fourth-order valence-corrected chi connectivity index (χ4v) is 2.84. The van der Waals surface area contributed by atoms with Crippen molar-refractivity contribution < 1.29 is 30.0 Å². The van der Waals surface area contributed by atoms with Gasteiger partial charge in [0.15, 0.2) is 5.78 Å². The smallest absolute Gasteiger partial charge is 0.335 e. The van der Waals surface area contributed by atoms with Gasteiger partial charge < -0.3 is 20.4 Å². The van der Waals surface area contributed by atoms with Crippen molar-refractivity contribution in [3.8, 4) is 28.4 Å². The molecule has 0 heterocycles. The van der Waals surface area contributed by atoms with Crippen LogP contribution in [0.3, 0.4) is 0 Å². The van der Waals surface area contributed by atoms with Crippen molar-refractivity contribution >= 4 is 11.8 Å². The van der Waals surface area contributed by atoms with Crippen LogP contribution in [0.15, 0.2) is 60.7 Å². The van der Waals surface area contributed by atoms with E-state index in [4.69, 9.17) is 5.11 Å². The van der Waals surface area contributed by atoms with Crippen LogP contribution in [0.1, 0.15) is 26.3 Å². The number of carbonyl (C=O) groups excluding carboxylic acids is 1. The number of benzene rings is 3. The van der Waals surface area contributed by atoms with Crippen LogP contribution < -0.4 is 0 Å². The summed E-state index contributed by atoms with van der Waals surface area (Å²) < 4.78 is 0. The molecule has 0 aliphatic rings. The normalized spacial score (nSPS) is 10.5. The van der Waals surface area contributed by atoms with Crippen molar-refractivity contribution in [2.24, 2.45) is 0 Å². The molecule has 0 radical (unpaired) electrons. The lowest BCUT2D eigenvalue weighted by Gasteiger charge is -2.10. The molecule has 0 aromatic heterocycles. The van der Waals surface area contributed by atoms with Gasteiger partial charge in [-0.3, -0.25) is 4.79 Å². The molecule has 0 fully saturated rings. The molecule has 136 valence electrons. The number of hydrogen-bond donors (Lipinski definition) is 4. The summed E-state index contributed by atoms with van der Waals surface area (Å²) in [5.41, 5.74) is 1.54. The number of hydrogen-bond acceptors (Lipinski definition) is 5. The molecule has 3 rings (SSSR count). The predicted molar refractivity (Wildman–Crippen MR) is 98.3 cm³/mol. The number of carbonyl (C=O) groups is 2. The van der Waals surface area contributed by atoms with Gasteiger partial charge in [-0.05, 0) is 29.3 Å². The van der Waals surface area contributed by atoms with Crippen LogP contribution in [-0.2, 0) is 6.42 Å². The van der Waals surface area contributed by atoms with Crippen molar-refractivity contribution in [2.45, 2.75) is 6.42 Å². The fraction of sp³-hybridized carbons (Fsp3) is 0.0476. The Bertz CT molecular complexity index is 1020. The SMILES string of the molecule is O=C(O)c1cccc(CC(=O)c2cccc(-c3c(O)cc(O)cc3O)c2)c1. The molecule has 3 aromatic carbocycles. The van der Waals surface area contributed by atoms with Gasteiger partial charge in [0, 0.05) is 24.1 Å². The van der Waals surface area contributed by atoms with Gasteiger partial charge in [-0.15, -0.1) is 0 Å². The van der Waals surface area contributed by atoms with E-state index in [-0.39, 0.29) is 40.6 Å². The Kier molecular flexibility index (Phi) is 4.81. The van der Waals surface area contributed by atoms with Crippen LogP contribution in [0.25, 0.3) is 11.1 Å². The Morgan fingerprint density at radius 3 is 2.07 bits per heavy atom.